The topological polar surface area (TPSA) is 87.6 Å². The number of carbonyl (C=O) groups excluding carboxylic acids is 2. The molecule has 1 aliphatic heterocycles. The largest absolute Gasteiger partial charge is 0.481 e. The zero-order valence-electron chi connectivity index (χ0n) is 9.17. The van der Waals surface area contributed by atoms with Crippen molar-refractivity contribution in [1.29, 1.82) is 0 Å². The predicted octanol–water partition coefficient (Wildman–Crippen LogP) is 1.09. The average molecular weight is 313 g/mol. The molecule has 18 heavy (non-hydrogen) atoms. The zero-order valence-corrected chi connectivity index (χ0v) is 10.8. The molecule has 1 unspecified atom stereocenters. The van der Waals surface area contributed by atoms with Crippen LogP contribution in [0.25, 0.3) is 0 Å². The van der Waals surface area contributed by atoms with E-state index in [0.29, 0.717) is 10.8 Å². The first-order valence-electron chi connectivity index (χ1n) is 5.17. The Morgan fingerprint density at radius 3 is 2.89 bits per heavy atom. The molecule has 0 saturated carbocycles. The van der Waals surface area contributed by atoms with Gasteiger partial charge in [0.25, 0.3) is 0 Å². The first-order chi connectivity index (χ1) is 8.52. The van der Waals surface area contributed by atoms with Crippen LogP contribution in [0.3, 0.4) is 0 Å². The molecule has 0 spiro atoms. The molecule has 1 fully saturated rings. The molecule has 1 amide bonds. The number of aldehydes is 1. The molecule has 0 radical (unpaired) electrons. The lowest BCUT2D eigenvalue weighted by Gasteiger charge is -2.16. The highest BCUT2D eigenvalue weighted by atomic mass is 79.9. The van der Waals surface area contributed by atoms with E-state index in [1.54, 1.807) is 0 Å². The SMILES string of the molecule is O=Cc1cc(Br)cnc1N1CC(C(=O)O)CC1=O. The molecule has 6 nitrogen and oxygen atoms in total. The molecule has 1 saturated heterocycles. The lowest BCUT2D eigenvalue weighted by atomic mass is 10.1. The summed E-state index contributed by atoms with van der Waals surface area (Å²) in [6.45, 7) is 0.0453. The summed E-state index contributed by atoms with van der Waals surface area (Å²) < 4.78 is 0.620. The summed E-state index contributed by atoms with van der Waals surface area (Å²) in [5.41, 5.74) is 0.253. The van der Waals surface area contributed by atoms with Gasteiger partial charge in [-0.1, -0.05) is 0 Å². The van der Waals surface area contributed by atoms with Crippen molar-refractivity contribution in [3.05, 3.63) is 22.3 Å². The Morgan fingerprint density at radius 1 is 1.61 bits per heavy atom. The quantitative estimate of drug-likeness (QED) is 0.844. The average Bonchev–Trinajstić information content (AvgIpc) is 2.71. The molecule has 2 heterocycles. The van der Waals surface area contributed by atoms with Gasteiger partial charge in [-0.2, -0.15) is 0 Å². The van der Waals surface area contributed by atoms with Crippen molar-refractivity contribution in [3.63, 3.8) is 0 Å². The van der Waals surface area contributed by atoms with Crippen molar-refractivity contribution in [2.45, 2.75) is 6.42 Å². The van der Waals surface area contributed by atoms with Gasteiger partial charge in [-0.15, -0.1) is 0 Å². The molecule has 7 heteroatoms. The molecular formula is C11H9BrN2O4. The summed E-state index contributed by atoms with van der Waals surface area (Å²) in [6.07, 6.45) is 1.99. The highest BCUT2D eigenvalue weighted by Gasteiger charge is 2.36. The molecule has 1 N–H and O–H groups in total. The standard InChI is InChI=1S/C11H9BrN2O4/c12-8-1-7(5-15)10(13-3-8)14-4-6(11(17)18)2-9(14)16/h1,3,5-6H,2,4H2,(H,17,18). The number of rotatable bonds is 3. The maximum atomic E-state index is 11.7. The first kappa shape index (κ1) is 12.7. The van der Waals surface area contributed by atoms with E-state index in [2.05, 4.69) is 20.9 Å². The highest BCUT2D eigenvalue weighted by molar-refractivity contribution is 9.10. The summed E-state index contributed by atoms with van der Waals surface area (Å²) in [4.78, 5) is 38.8. The second kappa shape index (κ2) is 4.85. The summed E-state index contributed by atoms with van der Waals surface area (Å²) in [5.74, 6) is -1.89. The number of carbonyl (C=O) groups is 3. The van der Waals surface area contributed by atoms with Crippen LogP contribution in [0.5, 0.6) is 0 Å². The lowest BCUT2D eigenvalue weighted by Crippen LogP contribution is -2.27. The number of halogens is 1. The van der Waals surface area contributed by atoms with E-state index in [4.69, 9.17) is 5.11 Å². The van der Waals surface area contributed by atoms with Crippen molar-refractivity contribution in [3.8, 4) is 0 Å². The Kier molecular flexibility index (Phi) is 3.42. The van der Waals surface area contributed by atoms with Gasteiger partial charge in [-0.3, -0.25) is 19.3 Å². The number of pyridine rings is 1. The number of hydrogen-bond acceptors (Lipinski definition) is 4. The molecule has 2 rings (SSSR count). The number of nitrogens with zero attached hydrogens (tertiary/aromatic N) is 2. The number of aromatic nitrogens is 1. The van der Waals surface area contributed by atoms with E-state index in [9.17, 15) is 14.4 Å². The van der Waals surface area contributed by atoms with E-state index in [-0.39, 0.29) is 30.3 Å². The smallest absolute Gasteiger partial charge is 0.308 e. The van der Waals surface area contributed by atoms with E-state index >= 15 is 0 Å². The summed E-state index contributed by atoms with van der Waals surface area (Å²) >= 11 is 3.18. The van der Waals surface area contributed by atoms with Crippen molar-refractivity contribution >= 4 is 39.9 Å². The number of amides is 1. The van der Waals surface area contributed by atoms with Crippen molar-refractivity contribution in [1.82, 2.24) is 4.98 Å². The number of carboxylic acid groups (broad SMARTS) is 1. The number of hydrogen-bond donors (Lipinski definition) is 1. The van der Waals surface area contributed by atoms with E-state index in [1.807, 2.05) is 0 Å². The number of aliphatic carboxylic acids is 1. The van der Waals surface area contributed by atoms with E-state index < -0.39 is 11.9 Å². The van der Waals surface area contributed by atoms with Crippen LogP contribution in [-0.2, 0) is 9.59 Å². The number of carboxylic acids is 1. The van der Waals surface area contributed by atoms with Gasteiger partial charge in [0.05, 0.1) is 11.5 Å². The predicted molar refractivity (Wildman–Crippen MR) is 65.4 cm³/mol. The third kappa shape index (κ3) is 2.26. The third-order valence-corrected chi connectivity index (χ3v) is 3.15. The maximum absolute atomic E-state index is 11.7. The van der Waals surface area contributed by atoms with Gasteiger partial charge in [0.15, 0.2) is 6.29 Å². The van der Waals surface area contributed by atoms with Crippen LogP contribution in [0.4, 0.5) is 5.82 Å². The van der Waals surface area contributed by atoms with Gasteiger partial charge in [0.1, 0.15) is 5.82 Å². The Bertz CT molecular complexity index is 532. The number of anilines is 1. The van der Waals surface area contributed by atoms with Crippen molar-refractivity contribution < 1.29 is 19.5 Å². The van der Waals surface area contributed by atoms with Crippen LogP contribution in [0.1, 0.15) is 16.8 Å². The van der Waals surface area contributed by atoms with Crippen LogP contribution in [0.2, 0.25) is 0 Å². The highest BCUT2D eigenvalue weighted by Crippen LogP contribution is 2.27. The first-order valence-corrected chi connectivity index (χ1v) is 5.96. The molecule has 1 aromatic heterocycles. The minimum Gasteiger partial charge on any atom is -0.481 e. The minimum absolute atomic E-state index is 0.0453. The van der Waals surface area contributed by atoms with E-state index in [0.717, 1.165) is 0 Å². The second-order valence-electron chi connectivity index (χ2n) is 3.93. The molecule has 0 bridgehead atoms. The minimum atomic E-state index is -1.02. The van der Waals surface area contributed by atoms with Crippen LogP contribution >= 0.6 is 15.9 Å². The molecule has 1 atom stereocenters. The monoisotopic (exact) mass is 312 g/mol. The Morgan fingerprint density at radius 2 is 2.33 bits per heavy atom. The van der Waals surface area contributed by atoms with Crippen LogP contribution in [-0.4, -0.2) is 34.8 Å². The van der Waals surface area contributed by atoms with Crippen LogP contribution in [0.15, 0.2) is 16.7 Å². The fourth-order valence-electron chi connectivity index (χ4n) is 1.84. The second-order valence-corrected chi connectivity index (χ2v) is 4.84. The molecule has 94 valence electrons. The molecule has 0 aromatic carbocycles. The molecule has 1 aromatic rings. The summed E-state index contributed by atoms with van der Waals surface area (Å²) in [6, 6.07) is 1.54. The van der Waals surface area contributed by atoms with Gasteiger partial charge >= 0.3 is 5.97 Å². The molecule has 0 aliphatic carbocycles. The fourth-order valence-corrected chi connectivity index (χ4v) is 2.19. The fraction of sp³-hybridized carbons (Fsp3) is 0.273. The van der Waals surface area contributed by atoms with Crippen LogP contribution < -0.4 is 4.90 Å². The summed E-state index contributed by atoms with van der Waals surface area (Å²) in [5, 5.41) is 8.89. The van der Waals surface area contributed by atoms with Crippen molar-refractivity contribution in [2.24, 2.45) is 5.92 Å². The third-order valence-electron chi connectivity index (χ3n) is 2.72. The van der Waals surface area contributed by atoms with Gasteiger partial charge in [0, 0.05) is 23.6 Å². The van der Waals surface area contributed by atoms with Gasteiger partial charge in [-0.05, 0) is 22.0 Å². The Balaban J connectivity index is 2.35. The Hall–Kier alpha value is -1.76. The van der Waals surface area contributed by atoms with Gasteiger partial charge in [-0.25, -0.2) is 4.98 Å². The summed E-state index contributed by atoms with van der Waals surface area (Å²) in [7, 11) is 0. The van der Waals surface area contributed by atoms with Crippen molar-refractivity contribution in [2.75, 3.05) is 11.4 Å². The molecular weight excluding hydrogens is 304 g/mol. The van der Waals surface area contributed by atoms with E-state index in [1.165, 1.54) is 17.2 Å². The van der Waals surface area contributed by atoms with Gasteiger partial charge < -0.3 is 5.11 Å². The Labute approximate surface area is 111 Å². The normalized spacial score (nSPS) is 19.1. The van der Waals surface area contributed by atoms with Crippen LogP contribution in [0, 0.1) is 5.92 Å². The van der Waals surface area contributed by atoms with Gasteiger partial charge in [0.2, 0.25) is 5.91 Å². The lowest BCUT2D eigenvalue weighted by molar-refractivity contribution is -0.141. The molecule has 1 aliphatic rings. The zero-order chi connectivity index (χ0) is 13.3. The maximum Gasteiger partial charge on any atom is 0.308 e.